The van der Waals surface area contributed by atoms with Crippen molar-refractivity contribution in [3.8, 4) is 0 Å². The summed E-state index contributed by atoms with van der Waals surface area (Å²) in [5, 5.41) is 16.3. The fourth-order valence-corrected chi connectivity index (χ4v) is 3.16. The molecule has 1 aromatic heterocycles. The van der Waals surface area contributed by atoms with Crippen LogP contribution in [0.2, 0.25) is 0 Å². The van der Waals surface area contributed by atoms with Crippen LogP contribution < -0.4 is 5.32 Å². The molecule has 5 nitrogen and oxygen atoms in total. The standard InChI is InChI=1S/C13H19N3O2S/c1-10(2)7-12(15-5-3-14-4-6-15)11-8-13(16(17)18)19-9-11/h8-9,12,14H,1,3-7H2,2H3/t12-/m0/s1. The predicted octanol–water partition coefficient (Wildman–Crippen LogP) is 2.57. The monoisotopic (exact) mass is 281 g/mol. The Labute approximate surface area is 117 Å². The maximum absolute atomic E-state index is 10.8. The lowest BCUT2D eigenvalue weighted by Gasteiger charge is -2.34. The third-order valence-corrected chi connectivity index (χ3v) is 4.20. The SMILES string of the molecule is C=C(C)C[C@@H](c1csc([N+](=O)[O-])c1)N1CCNCC1. The molecule has 0 amide bonds. The topological polar surface area (TPSA) is 58.4 Å². The summed E-state index contributed by atoms with van der Waals surface area (Å²) in [6.07, 6.45) is 0.855. The second-order valence-electron chi connectivity index (χ2n) is 4.94. The largest absolute Gasteiger partial charge is 0.324 e. The Kier molecular flexibility index (Phi) is 4.68. The van der Waals surface area contributed by atoms with Crippen molar-refractivity contribution < 1.29 is 4.92 Å². The summed E-state index contributed by atoms with van der Waals surface area (Å²) in [5.41, 5.74) is 2.15. The van der Waals surface area contributed by atoms with Crippen LogP contribution in [0.1, 0.15) is 24.9 Å². The van der Waals surface area contributed by atoms with E-state index >= 15 is 0 Å². The van der Waals surface area contributed by atoms with E-state index in [2.05, 4.69) is 16.8 Å². The number of nitrogens with one attached hydrogen (secondary N) is 1. The summed E-state index contributed by atoms with van der Waals surface area (Å²) in [6.45, 7) is 9.88. The first-order chi connectivity index (χ1) is 9.08. The van der Waals surface area contributed by atoms with Crippen molar-refractivity contribution in [1.82, 2.24) is 10.2 Å². The van der Waals surface area contributed by atoms with Gasteiger partial charge in [0.1, 0.15) is 0 Å². The van der Waals surface area contributed by atoms with Crippen LogP contribution in [-0.2, 0) is 0 Å². The van der Waals surface area contributed by atoms with E-state index in [0.717, 1.165) is 43.7 Å². The molecular weight excluding hydrogens is 262 g/mol. The van der Waals surface area contributed by atoms with E-state index in [0.29, 0.717) is 0 Å². The number of rotatable bonds is 5. The lowest BCUT2D eigenvalue weighted by atomic mass is 10.0. The van der Waals surface area contributed by atoms with E-state index in [-0.39, 0.29) is 16.0 Å². The molecule has 19 heavy (non-hydrogen) atoms. The minimum absolute atomic E-state index is 0.213. The Bertz CT molecular complexity index is 466. The van der Waals surface area contributed by atoms with Crippen LogP contribution in [0.5, 0.6) is 0 Å². The van der Waals surface area contributed by atoms with Crippen LogP contribution in [0.25, 0.3) is 0 Å². The van der Waals surface area contributed by atoms with Gasteiger partial charge < -0.3 is 5.32 Å². The number of hydrogen-bond donors (Lipinski definition) is 1. The Morgan fingerprint density at radius 1 is 1.63 bits per heavy atom. The average molecular weight is 281 g/mol. The molecule has 0 spiro atoms. The maximum atomic E-state index is 10.8. The fourth-order valence-electron chi connectivity index (χ4n) is 2.39. The van der Waals surface area contributed by atoms with Gasteiger partial charge >= 0.3 is 5.00 Å². The zero-order valence-corrected chi connectivity index (χ0v) is 11.9. The summed E-state index contributed by atoms with van der Waals surface area (Å²) in [6, 6.07) is 1.92. The van der Waals surface area contributed by atoms with Crippen molar-refractivity contribution in [3.05, 3.63) is 39.3 Å². The molecule has 0 saturated carbocycles. The highest BCUT2D eigenvalue weighted by molar-refractivity contribution is 7.13. The molecule has 0 aliphatic carbocycles. The summed E-state index contributed by atoms with van der Waals surface area (Å²) in [5.74, 6) is 0. The molecule has 1 saturated heterocycles. The Hall–Kier alpha value is -1.24. The molecule has 1 N–H and O–H groups in total. The van der Waals surface area contributed by atoms with E-state index in [9.17, 15) is 10.1 Å². The molecule has 2 rings (SSSR count). The number of nitrogens with zero attached hydrogens (tertiary/aromatic N) is 2. The van der Waals surface area contributed by atoms with E-state index in [4.69, 9.17) is 0 Å². The zero-order chi connectivity index (χ0) is 13.8. The molecule has 1 aromatic rings. The van der Waals surface area contributed by atoms with Gasteiger partial charge in [-0.3, -0.25) is 15.0 Å². The van der Waals surface area contributed by atoms with Gasteiger partial charge in [0.15, 0.2) is 0 Å². The van der Waals surface area contributed by atoms with Gasteiger partial charge in [-0.15, -0.1) is 6.58 Å². The van der Waals surface area contributed by atoms with Crippen LogP contribution in [-0.4, -0.2) is 36.0 Å². The summed E-state index contributed by atoms with van der Waals surface area (Å²) >= 11 is 1.21. The zero-order valence-electron chi connectivity index (χ0n) is 11.1. The van der Waals surface area contributed by atoms with Crippen LogP contribution in [0.15, 0.2) is 23.6 Å². The number of piperazine rings is 1. The summed E-state index contributed by atoms with van der Waals surface area (Å²) < 4.78 is 0. The number of thiophene rings is 1. The van der Waals surface area contributed by atoms with Gasteiger partial charge in [0, 0.05) is 43.7 Å². The minimum atomic E-state index is -0.316. The normalized spacial score (nSPS) is 18.2. The average Bonchev–Trinajstić information content (AvgIpc) is 2.86. The van der Waals surface area contributed by atoms with Crippen molar-refractivity contribution in [3.63, 3.8) is 0 Å². The highest BCUT2D eigenvalue weighted by atomic mass is 32.1. The minimum Gasteiger partial charge on any atom is -0.314 e. The third-order valence-electron chi connectivity index (χ3n) is 3.30. The van der Waals surface area contributed by atoms with Crippen molar-refractivity contribution in [2.24, 2.45) is 0 Å². The first-order valence-electron chi connectivity index (χ1n) is 6.40. The Morgan fingerprint density at radius 3 is 2.84 bits per heavy atom. The molecule has 1 aliphatic heterocycles. The predicted molar refractivity (Wildman–Crippen MR) is 77.6 cm³/mol. The van der Waals surface area contributed by atoms with E-state index in [1.807, 2.05) is 12.3 Å². The van der Waals surface area contributed by atoms with Crippen LogP contribution >= 0.6 is 11.3 Å². The molecule has 104 valence electrons. The molecule has 1 atom stereocenters. The molecule has 1 aliphatic rings. The number of hydrogen-bond acceptors (Lipinski definition) is 5. The summed E-state index contributed by atoms with van der Waals surface area (Å²) in [7, 11) is 0. The van der Waals surface area contributed by atoms with Gasteiger partial charge in [0.25, 0.3) is 0 Å². The Morgan fingerprint density at radius 2 is 2.32 bits per heavy atom. The fraction of sp³-hybridized carbons (Fsp3) is 0.538. The van der Waals surface area contributed by atoms with E-state index < -0.39 is 0 Å². The smallest absolute Gasteiger partial charge is 0.314 e. The highest BCUT2D eigenvalue weighted by Gasteiger charge is 2.24. The molecule has 2 heterocycles. The molecule has 0 bridgehead atoms. The number of nitro groups is 1. The van der Waals surface area contributed by atoms with Gasteiger partial charge in [0.05, 0.1) is 4.92 Å². The quantitative estimate of drug-likeness (QED) is 0.512. The van der Waals surface area contributed by atoms with Crippen molar-refractivity contribution in [1.29, 1.82) is 0 Å². The molecule has 0 radical (unpaired) electrons. The van der Waals surface area contributed by atoms with Gasteiger partial charge in [-0.2, -0.15) is 0 Å². The lowest BCUT2D eigenvalue weighted by Crippen LogP contribution is -2.45. The first kappa shape index (κ1) is 14.2. The van der Waals surface area contributed by atoms with E-state index in [1.54, 1.807) is 6.07 Å². The molecule has 0 unspecified atom stereocenters. The molecule has 0 aromatic carbocycles. The third kappa shape index (κ3) is 3.62. The summed E-state index contributed by atoms with van der Waals surface area (Å²) in [4.78, 5) is 12.9. The van der Waals surface area contributed by atoms with Crippen molar-refractivity contribution >= 4 is 16.3 Å². The van der Waals surface area contributed by atoms with Crippen LogP contribution in [0.4, 0.5) is 5.00 Å². The van der Waals surface area contributed by atoms with E-state index in [1.165, 1.54) is 11.3 Å². The first-order valence-corrected chi connectivity index (χ1v) is 7.28. The van der Waals surface area contributed by atoms with Crippen molar-refractivity contribution in [2.45, 2.75) is 19.4 Å². The Balaban J connectivity index is 2.19. The lowest BCUT2D eigenvalue weighted by molar-refractivity contribution is -0.380. The molecular formula is C13H19N3O2S. The molecule has 6 heteroatoms. The van der Waals surface area contributed by atoms with Crippen molar-refractivity contribution in [2.75, 3.05) is 26.2 Å². The van der Waals surface area contributed by atoms with Crippen LogP contribution in [0.3, 0.4) is 0 Å². The van der Waals surface area contributed by atoms with Gasteiger partial charge in [-0.05, 0) is 18.9 Å². The second kappa shape index (κ2) is 6.27. The van der Waals surface area contributed by atoms with Gasteiger partial charge in [-0.25, -0.2) is 0 Å². The van der Waals surface area contributed by atoms with Gasteiger partial charge in [-0.1, -0.05) is 16.9 Å². The molecule has 1 fully saturated rings. The van der Waals surface area contributed by atoms with Crippen LogP contribution in [0, 0.1) is 10.1 Å². The highest BCUT2D eigenvalue weighted by Crippen LogP contribution is 2.33. The maximum Gasteiger partial charge on any atom is 0.324 e. The van der Waals surface area contributed by atoms with Gasteiger partial charge in [0.2, 0.25) is 0 Å². The second-order valence-corrected chi connectivity index (χ2v) is 5.83.